The fraction of sp³-hybridized carbons (Fsp3) is 1.00. The van der Waals surface area contributed by atoms with Crippen molar-refractivity contribution in [3.05, 3.63) is 0 Å². The van der Waals surface area contributed by atoms with E-state index in [1.807, 2.05) is 10.8 Å². The van der Waals surface area contributed by atoms with Gasteiger partial charge in [0.25, 0.3) is 0 Å². The Morgan fingerprint density at radius 1 is 1.44 bits per heavy atom. The molecule has 0 amide bonds. The minimum absolute atomic E-state index is 0.240. The molecule has 0 spiro atoms. The summed E-state index contributed by atoms with van der Waals surface area (Å²) in [7, 11) is 3.60. The highest BCUT2D eigenvalue weighted by Crippen LogP contribution is 2.14. The highest BCUT2D eigenvalue weighted by Gasteiger charge is 1.84. The van der Waals surface area contributed by atoms with Crippen LogP contribution in [-0.4, -0.2) is 36.8 Å². The Morgan fingerprint density at radius 2 is 2.22 bits per heavy atom. The van der Waals surface area contributed by atoms with Crippen LogP contribution in [-0.2, 0) is 0 Å². The lowest BCUT2D eigenvalue weighted by Crippen LogP contribution is -2.20. The van der Waals surface area contributed by atoms with Crippen molar-refractivity contribution in [1.82, 2.24) is 5.32 Å². The Bertz CT molecular complexity index is 48.2. The number of aliphatic hydroxyl groups excluding tert-OH is 1. The number of nitrogens with one attached hydrogen (secondary N) is 1. The average molecular weight is 167 g/mol. The molecule has 0 saturated heterocycles. The Balaban J connectivity index is 2.60. The van der Waals surface area contributed by atoms with Crippen LogP contribution in [0.3, 0.4) is 0 Å². The van der Waals surface area contributed by atoms with Gasteiger partial charge in [0.05, 0.1) is 6.61 Å². The van der Waals surface area contributed by atoms with Crippen molar-refractivity contribution in [3.8, 4) is 0 Å². The van der Waals surface area contributed by atoms with Crippen LogP contribution in [0.5, 0.6) is 0 Å². The molecule has 9 heavy (non-hydrogen) atoms. The molecule has 0 fully saturated rings. The Morgan fingerprint density at radius 3 is 2.78 bits per heavy atom. The third-order valence-electron chi connectivity index (χ3n) is 0.769. The fourth-order valence-electron chi connectivity index (χ4n) is 0.401. The molecular weight excluding hydrogens is 154 g/mol. The van der Waals surface area contributed by atoms with Crippen molar-refractivity contribution in [3.63, 3.8) is 0 Å². The van der Waals surface area contributed by atoms with Crippen LogP contribution < -0.4 is 5.32 Å². The first-order chi connectivity index (χ1) is 4.41. The molecule has 0 radical (unpaired) electrons. The summed E-state index contributed by atoms with van der Waals surface area (Å²) in [6, 6.07) is 0. The van der Waals surface area contributed by atoms with Crippen LogP contribution in [0.4, 0.5) is 0 Å². The summed E-state index contributed by atoms with van der Waals surface area (Å²) in [5.41, 5.74) is 0. The Labute approximate surface area is 64.2 Å². The zero-order chi connectivity index (χ0) is 6.95. The minimum atomic E-state index is 0.240. The highest BCUT2D eigenvalue weighted by molar-refractivity contribution is 8.76. The molecule has 2 N–H and O–H groups in total. The van der Waals surface area contributed by atoms with Gasteiger partial charge in [-0.2, -0.15) is 0 Å². The number of hydrogen-bond acceptors (Lipinski definition) is 4. The highest BCUT2D eigenvalue weighted by atomic mass is 33.1. The normalized spacial score (nSPS) is 10.0. The van der Waals surface area contributed by atoms with Crippen molar-refractivity contribution >= 4 is 21.6 Å². The van der Waals surface area contributed by atoms with Crippen LogP contribution in [0, 0.1) is 0 Å². The van der Waals surface area contributed by atoms with E-state index in [1.165, 1.54) is 0 Å². The van der Waals surface area contributed by atoms with Gasteiger partial charge in [0.15, 0.2) is 0 Å². The van der Waals surface area contributed by atoms with E-state index < -0.39 is 0 Å². The molecule has 0 atom stereocenters. The molecule has 0 aromatic heterocycles. The van der Waals surface area contributed by atoms with Crippen LogP contribution in [0.2, 0.25) is 0 Å². The maximum atomic E-state index is 8.35. The van der Waals surface area contributed by atoms with Crippen molar-refractivity contribution in [1.29, 1.82) is 0 Å². The minimum Gasteiger partial charge on any atom is -0.395 e. The quantitative estimate of drug-likeness (QED) is 0.448. The molecule has 0 aromatic rings. The summed E-state index contributed by atoms with van der Waals surface area (Å²) in [5.74, 6) is 1.11. The smallest absolute Gasteiger partial charge is 0.0555 e. The fourth-order valence-corrected chi connectivity index (χ4v) is 1.55. The first kappa shape index (κ1) is 9.62. The van der Waals surface area contributed by atoms with Gasteiger partial charge in [-0.15, -0.1) is 0 Å². The van der Waals surface area contributed by atoms with E-state index in [9.17, 15) is 0 Å². The first-order valence-corrected chi connectivity index (χ1v) is 5.61. The van der Waals surface area contributed by atoms with Crippen molar-refractivity contribution in [2.24, 2.45) is 0 Å². The summed E-state index contributed by atoms with van der Waals surface area (Å²) in [5, 5.41) is 11.4. The van der Waals surface area contributed by atoms with E-state index in [4.69, 9.17) is 5.11 Å². The maximum Gasteiger partial charge on any atom is 0.0555 e. The van der Waals surface area contributed by atoms with E-state index in [2.05, 4.69) is 11.6 Å². The van der Waals surface area contributed by atoms with Gasteiger partial charge < -0.3 is 10.4 Å². The predicted molar refractivity (Wildman–Crippen MR) is 45.9 cm³/mol. The van der Waals surface area contributed by atoms with Crippen LogP contribution in [0.1, 0.15) is 0 Å². The standard InChI is InChI=1S/C5H13NOS2/c1-8-9-5-3-6-2-4-7/h6-7H,2-5H2,1H3. The van der Waals surface area contributed by atoms with E-state index in [0.29, 0.717) is 0 Å². The second-order valence-electron chi connectivity index (χ2n) is 1.46. The molecule has 0 aliphatic carbocycles. The number of rotatable bonds is 6. The van der Waals surface area contributed by atoms with E-state index in [1.54, 1.807) is 10.8 Å². The molecule has 0 rings (SSSR count). The van der Waals surface area contributed by atoms with Gasteiger partial charge in [0, 0.05) is 18.8 Å². The molecule has 0 unspecified atom stereocenters. The zero-order valence-corrected chi connectivity index (χ0v) is 7.23. The number of aliphatic hydroxyl groups is 1. The average Bonchev–Trinajstić information content (AvgIpc) is 1.89. The number of hydrogen-bond donors (Lipinski definition) is 2. The van der Waals surface area contributed by atoms with Gasteiger partial charge in [0.1, 0.15) is 0 Å². The summed E-state index contributed by atoms with van der Waals surface area (Å²) in [6.45, 7) is 1.95. The monoisotopic (exact) mass is 167 g/mol. The summed E-state index contributed by atoms with van der Waals surface area (Å²) >= 11 is 0. The van der Waals surface area contributed by atoms with Gasteiger partial charge in [0.2, 0.25) is 0 Å². The van der Waals surface area contributed by atoms with Gasteiger partial charge in [-0.05, 0) is 6.26 Å². The van der Waals surface area contributed by atoms with E-state index in [-0.39, 0.29) is 6.61 Å². The summed E-state index contributed by atoms with van der Waals surface area (Å²) in [4.78, 5) is 0. The summed E-state index contributed by atoms with van der Waals surface area (Å²) < 4.78 is 0. The van der Waals surface area contributed by atoms with Crippen molar-refractivity contribution < 1.29 is 5.11 Å². The van der Waals surface area contributed by atoms with Crippen molar-refractivity contribution in [2.45, 2.75) is 0 Å². The molecule has 0 heterocycles. The van der Waals surface area contributed by atoms with Crippen LogP contribution in [0.25, 0.3) is 0 Å². The van der Waals surface area contributed by atoms with Crippen LogP contribution in [0.15, 0.2) is 0 Å². The molecule has 0 bridgehead atoms. The predicted octanol–water partition coefficient (Wildman–Crippen LogP) is 0.579. The largest absolute Gasteiger partial charge is 0.395 e. The lowest BCUT2D eigenvalue weighted by atomic mass is 10.6. The third kappa shape index (κ3) is 8.62. The topological polar surface area (TPSA) is 32.3 Å². The van der Waals surface area contributed by atoms with Gasteiger partial charge in [-0.3, -0.25) is 0 Å². The molecule has 2 nitrogen and oxygen atoms in total. The third-order valence-corrected chi connectivity index (χ3v) is 2.58. The molecule has 0 aliphatic heterocycles. The second-order valence-corrected chi connectivity index (χ2v) is 4.15. The molecule has 0 saturated carbocycles. The first-order valence-electron chi connectivity index (χ1n) is 2.89. The summed E-state index contributed by atoms with van der Waals surface area (Å²) in [6.07, 6.45) is 2.07. The lowest BCUT2D eigenvalue weighted by Gasteiger charge is -1.98. The molecular formula is C5H13NOS2. The van der Waals surface area contributed by atoms with Crippen LogP contribution >= 0.6 is 21.6 Å². The zero-order valence-electron chi connectivity index (χ0n) is 5.59. The van der Waals surface area contributed by atoms with E-state index >= 15 is 0 Å². The molecule has 0 aromatic carbocycles. The van der Waals surface area contributed by atoms with Gasteiger partial charge in [-0.1, -0.05) is 21.6 Å². The van der Waals surface area contributed by atoms with Gasteiger partial charge in [-0.25, -0.2) is 0 Å². The second kappa shape index (κ2) is 8.62. The lowest BCUT2D eigenvalue weighted by molar-refractivity contribution is 0.294. The van der Waals surface area contributed by atoms with E-state index in [0.717, 1.165) is 18.8 Å². The maximum absolute atomic E-state index is 8.35. The molecule has 0 aliphatic rings. The molecule has 56 valence electrons. The SMILES string of the molecule is CSSCCNCCO. The Kier molecular flexibility index (Phi) is 9.21. The van der Waals surface area contributed by atoms with Crippen molar-refractivity contribution in [2.75, 3.05) is 31.7 Å². The molecule has 4 heteroatoms. The Hall–Kier alpha value is 0.620. The van der Waals surface area contributed by atoms with Gasteiger partial charge >= 0.3 is 0 Å².